The number of rotatable bonds is 9. The van der Waals surface area contributed by atoms with Crippen LogP contribution in [0.3, 0.4) is 0 Å². The number of benzene rings is 2. The van der Waals surface area contributed by atoms with E-state index in [0.29, 0.717) is 36.0 Å². The molecule has 0 spiro atoms. The number of carbonyl (C=O) groups excluding carboxylic acids is 2. The van der Waals surface area contributed by atoms with Gasteiger partial charge in [-0.2, -0.15) is 0 Å². The van der Waals surface area contributed by atoms with Crippen LogP contribution in [0.4, 0.5) is 0 Å². The number of amides is 2. The van der Waals surface area contributed by atoms with Crippen LogP contribution in [-0.4, -0.2) is 45.3 Å². The lowest BCUT2D eigenvalue weighted by Gasteiger charge is -2.16. The number of carboxylic acids is 1. The molecule has 1 aromatic heterocycles. The molecule has 0 radical (unpaired) electrons. The molecule has 0 fully saturated rings. The molecule has 5 rings (SSSR count). The summed E-state index contributed by atoms with van der Waals surface area (Å²) in [6.07, 6.45) is 4.38. The van der Waals surface area contributed by atoms with Crippen LogP contribution in [0.1, 0.15) is 69.7 Å². The quantitative estimate of drug-likeness (QED) is 0.153. The molecule has 1 aliphatic heterocycles. The van der Waals surface area contributed by atoms with Crippen LogP contribution in [0.15, 0.2) is 52.0 Å². The second-order valence-corrected chi connectivity index (χ2v) is 9.16. The van der Waals surface area contributed by atoms with E-state index in [2.05, 4.69) is 5.16 Å². The van der Waals surface area contributed by atoms with Gasteiger partial charge in [-0.1, -0.05) is 35.8 Å². The Morgan fingerprint density at radius 2 is 1.80 bits per heavy atom. The van der Waals surface area contributed by atoms with Gasteiger partial charge in [-0.05, 0) is 43.9 Å². The number of hydrogen-bond acceptors (Lipinski definition) is 6. The maximum absolute atomic E-state index is 12.5. The molecule has 0 bridgehead atoms. The van der Waals surface area contributed by atoms with E-state index in [1.54, 1.807) is 24.3 Å². The van der Waals surface area contributed by atoms with Gasteiger partial charge in [0.15, 0.2) is 0 Å². The first kappa shape index (κ1) is 22.8. The van der Waals surface area contributed by atoms with Gasteiger partial charge >= 0.3 is 5.97 Å². The molecule has 0 saturated heterocycles. The number of aliphatic carboxylic acids is 1. The van der Waals surface area contributed by atoms with Gasteiger partial charge in [0, 0.05) is 35.9 Å². The van der Waals surface area contributed by atoms with Crippen molar-refractivity contribution >= 4 is 34.5 Å². The minimum absolute atomic E-state index is 0.0603. The summed E-state index contributed by atoms with van der Waals surface area (Å²) in [7, 11) is 0. The first-order chi connectivity index (χ1) is 17.0. The number of oxime groups is 1. The average Bonchev–Trinajstić information content (AvgIpc) is 3.52. The normalized spacial score (nSPS) is 16.1. The lowest BCUT2D eigenvalue weighted by atomic mass is 9.92. The Labute approximate surface area is 201 Å². The van der Waals surface area contributed by atoms with Gasteiger partial charge in [0.25, 0.3) is 11.8 Å². The van der Waals surface area contributed by atoms with E-state index in [0.717, 1.165) is 36.0 Å². The van der Waals surface area contributed by atoms with Crippen molar-refractivity contribution in [2.75, 3.05) is 6.54 Å². The molecule has 8 heteroatoms. The van der Waals surface area contributed by atoms with Gasteiger partial charge in [0.2, 0.25) is 0 Å². The highest BCUT2D eigenvalue weighted by molar-refractivity contribution is 6.21. The molecule has 35 heavy (non-hydrogen) atoms. The highest BCUT2D eigenvalue weighted by atomic mass is 16.4. The monoisotopic (exact) mass is 474 g/mol. The summed E-state index contributed by atoms with van der Waals surface area (Å²) in [5, 5.41) is 23.9. The summed E-state index contributed by atoms with van der Waals surface area (Å²) in [4.78, 5) is 38.1. The fourth-order valence-electron chi connectivity index (χ4n) is 5.15. The summed E-state index contributed by atoms with van der Waals surface area (Å²) in [6, 6.07) is 12.3. The molecular formula is C27H26N2O6. The highest BCUT2D eigenvalue weighted by Crippen LogP contribution is 2.33. The van der Waals surface area contributed by atoms with Gasteiger partial charge in [-0.3, -0.25) is 19.3 Å². The fourth-order valence-corrected chi connectivity index (χ4v) is 5.15. The first-order valence-electron chi connectivity index (χ1n) is 11.9. The maximum atomic E-state index is 12.5. The van der Waals surface area contributed by atoms with Crippen molar-refractivity contribution < 1.29 is 29.1 Å². The zero-order valence-corrected chi connectivity index (χ0v) is 19.2. The van der Waals surface area contributed by atoms with Crippen LogP contribution < -0.4 is 0 Å². The molecule has 0 saturated carbocycles. The van der Waals surface area contributed by atoms with Gasteiger partial charge in [0.1, 0.15) is 11.3 Å². The molecule has 1 aliphatic carbocycles. The van der Waals surface area contributed by atoms with E-state index in [-0.39, 0.29) is 30.5 Å². The Hall–Kier alpha value is -3.94. The van der Waals surface area contributed by atoms with Crippen molar-refractivity contribution in [3.05, 3.63) is 70.5 Å². The van der Waals surface area contributed by atoms with Crippen molar-refractivity contribution in [2.45, 2.75) is 44.9 Å². The van der Waals surface area contributed by atoms with E-state index in [4.69, 9.17) is 4.42 Å². The van der Waals surface area contributed by atoms with Crippen LogP contribution in [0.25, 0.3) is 11.0 Å². The number of hydrogen-bond donors (Lipinski definition) is 2. The number of carbonyl (C=O) groups is 3. The number of nitrogens with zero attached hydrogens (tertiary/aromatic N) is 2. The molecule has 3 aromatic rings. The predicted molar refractivity (Wildman–Crippen MR) is 128 cm³/mol. The minimum atomic E-state index is -0.982. The molecule has 1 unspecified atom stereocenters. The van der Waals surface area contributed by atoms with Crippen molar-refractivity contribution in [1.82, 2.24) is 4.90 Å². The minimum Gasteiger partial charge on any atom is -0.481 e. The van der Waals surface area contributed by atoms with Crippen LogP contribution in [-0.2, 0) is 17.6 Å². The van der Waals surface area contributed by atoms with E-state index in [9.17, 15) is 24.7 Å². The zero-order chi connectivity index (χ0) is 24.5. The second-order valence-electron chi connectivity index (χ2n) is 9.16. The molecular weight excluding hydrogens is 448 g/mol. The van der Waals surface area contributed by atoms with E-state index >= 15 is 0 Å². The lowest BCUT2D eigenvalue weighted by molar-refractivity contribution is -0.141. The molecule has 8 nitrogen and oxygen atoms in total. The van der Waals surface area contributed by atoms with Crippen molar-refractivity contribution in [1.29, 1.82) is 0 Å². The second kappa shape index (κ2) is 9.37. The average molecular weight is 475 g/mol. The third kappa shape index (κ3) is 4.20. The Morgan fingerprint density at radius 1 is 1.06 bits per heavy atom. The molecule has 2 aliphatic rings. The number of imide groups is 1. The van der Waals surface area contributed by atoms with Gasteiger partial charge < -0.3 is 14.7 Å². The molecule has 2 aromatic carbocycles. The zero-order valence-electron chi connectivity index (χ0n) is 19.2. The van der Waals surface area contributed by atoms with Crippen molar-refractivity contribution in [3.63, 3.8) is 0 Å². The number of furan rings is 1. The largest absolute Gasteiger partial charge is 0.481 e. The van der Waals surface area contributed by atoms with Crippen molar-refractivity contribution in [2.24, 2.45) is 11.1 Å². The molecule has 1 atom stereocenters. The van der Waals surface area contributed by atoms with Crippen LogP contribution >= 0.6 is 0 Å². The van der Waals surface area contributed by atoms with Crippen LogP contribution in [0.5, 0.6) is 0 Å². The van der Waals surface area contributed by atoms with Gasteiger partial charge in [0.05, 0.1) is 22.8 Å². The van der Waals surface area contributed by atoms with E-state index in [1.807, 2.05) is 18.2 Å². The molecule has 180 valence electrons. The summed E-state index contributed by atoms with van der Waals surface area (Å²) in [5.74, 6) is -1.37. The first-order valence-corrected chi connectivity index (χ1v) is 11.9. The molecule has 2 heterocycles. The topological polar surface area (TPSA) is 120 Å². The Balaban J connectivity index is 1.20. The summed E-state index contributed by atoms with van der Waals surface area (Å²) in [6.45, 7) is 0.236. The Bertz CT molecular complexity index is 1320. The van der Waals surface area contributed by atoms with Gasteiger partial charge in [-0.25, -0.2) is 0 Å². The number of aryl methyl sites for hydroxylation is 2. The Kier molecular flexibility index (Phi) is 6.11. The SMILES string of the molecule is O=C(O)C(CCCCN1C(=O)c2ccccc2C1=O)CC(=NO)c1ccc2c3c(oc2c1)CCC3. The van der Waals surface area contributed by atoms with E-state index < -0.39 is 11.9 Å². The number of carboxylic acid groups (broad SMARTS) is 1. The van der Waals surface area contributed by atoms with E-state index in [1.165, 1.54) is 10.5 Å². The van der Waals surface area contributed by atoms with Crippen molar-refractivity contribution in [3.8, 4) is 0 Å². The van der Waals surface area contributed by atoms with Gasteiger partial charge in [-0.15, -0.1) is 0 Å². The fraction of sp³-hybridized carbons (Fsp3) is 0.333. The Morgan fingerprint density at radius 3 is 2.49 bits per heavy atom. The third-order valence-electron chi connectivity index (χ3n) is 7.01. The number of fused-ring (bicyclic) bond motifs is 4. The predicted octanol–water partition coefficient (Wildman–Crippen LogP) is 4.66. The highest BCUT2D eigenvalue weighted by Gasteiger charge is 2.34. The van der Waals surface area contributed by atoms with Crippen LogP contribution in [0, 0.1) is 5.92 Å². The lowest BCUT2D eigenvalue weighted by Crippen LogP contribution is -2.30. The summed E-state index contributed by atoms with van der Waals surface area (Å²) < 4.78 is 5.95. The maximum Gasteiger partial charge on any atom is 0.306 e. The number of unbranched alkanes of at least 4 members (excludes halogenated alkanes) is 1. The summed E-state index contributed by atoms with van der Waals surface area (Å²) in [5.41, 5.74) is 3.68. The standard InChI is InChI=1S/C27H26N2O6/c30-25-20-7-1-2-8-21(20)26(31)29(25)13-4-3-6-17(27(32)33)14-22(28-34)16-11-12-19-18-9-5-10-23(18)35-24(19)15-16/h1-2,7-8,11-12,15,17,34H,3-6,9-10,13-14H2,(H,32,33). The molecule has 2 amide bonds. The smallest absolute Gasteiger partial charge is 0.306 e. The molecule has 2 N–H and O–H groups in total. The summed E-state index contributed by atoms with van der Waals surface area (Å²) >= 11 is 0. The van der Waals surface area contributed by atoms with Crippen LogP contribution in [0.2, 0.25) is 0 Å². The third-order valence-corrected chi connectivity index (χ3v) is 7.01.